The Morgan fingerprint density at radius 1 is 1.00 bits per heavy atom. The minimum absolute atomic E-state index is 0.368. The van der Waals surface area contributed by atoms with Gasteiger partial charge in [-0.2, -0.15) is 0 Å². The van der Waals surface area contributed by atoms with E-state index in [1.54, 1.807) is 24.3 Å². The van der Waals surface area contributed by atoms with Crippen LogP contribution in [0.3, 0.4) is 0 Å². The van der Waals surface area contributed by atoms with Crippen LogP contribution in [0, 0.1) is 0 Å². The Morgan fingerprint density at radius 2 is 1.70 bits per heavy atom. The molecule has 3 rings (SSSR count). The number of methoxy groups -OCH3 is 1. The summed E-state index contributed by atoms with van der Waals surface area (Å²) in [6, 6.07) is 17.7. The van der Waals surface area contributed by atoms with Crippen LogP contribution in [0.25, 0.3) is 11.3 Å². The summed E-state index contributed by atoms with van der Waals surface area (Å²) < 4.78 is 10.9. The number of nitrogens with zero attached hydrogens (tertiary/aromatic N) is 3. The van der Waals surface area contributed by atoms with Crippen LogP contribution in [0.1, 0.15) is 38.1 Å². The molecule has 174 valence electrons. The largest absolute Gasteiger partial charge is 0.492 e. The Labute approximate surface area is 195 Å². The van der Waals surface area contributed by atoms with Crippen molar-refractivity contribution in [2.45, 2.75) is 39.8 Å². The highest BCUT2D eigenvalue weighted by Crippen LogP contribution is 2.30. The summed E-state index contributed by atoms with van der Waals surface area (Å²) >= 11 is 0. The lowest BCUT2D eigenvalue weighted by Gasteiger charge is -2.30. The third-order valence-corrected chi connectivity index (χ3v) is 5.34. The second-order valence-corrected chi connectivity index (χ2v) is 8.25. The molecule has 0 fully saturated rings. The molecular formula is C26H32N4O3. The number of ether oxygens (including phenoxy) is 2. The van der Waals surface area contributed by atoms with Gasteiger partial charge in [-0.25, -0.2) is 14.8 Å². The molecule has 0 unspecified atom stereocenters. The molecule has 2 aromatic carbocycles. The maximum atomic E-state index is 11.6. The van der Waals surface area contributed by atoms with E-state index in [9.17, 15) is 4.79 Å². The van der Waals surface area contributed by atoms with Crippen LogP contribution in [0.2, 0.25) is 0 Å². The minimum atomic E-state index is -0.368. The van der Waals surface area contributed by atoms with Crippen molar-refractivity contribution in [3.8, 4) is 17.0 Å². The van der Waals surface area contributed by atoms with Gasteiger partial charge in [-0.1, -0.05) is 12.1 Å². The summed E-state index contributed by atoms with van der Waals surface area (Å²) in [6.45, 7) is 10.2. The molecule has 33 heavy (non-hydrogen) atoms. The molecule has 0 aliphatic rings. The minimum Gasteiger partial charge on any atom is -0.492 e. The van der Waals surface area contributed by atoms with Crippen LogP contribution in [0.15, 0.2) is 60.9 Å². The van der Waals surface area contributed by atoms with Gasteiger partial charge in [0.2, 0.25) is 0 Å². The van der Waals surface area contributed by atoms with Gasteiger partial charge in [-0.15, -0.1) is 0 Å². The number of esters is 1. The number of rotatable bonds is 10. The molecule has 3 aromatic rings. The molecule has 0 atom stereocenters. The summed E-state index contributed by atoms with van der Waals surface area (Å²) in [4.78, 5) is 22.8. The fraction of sp³-hybridized carbons (Fsp3) is 0.346. The summed E-state index contributed by atoms with van der Waals surface area (Å²) in [7, 11) is 1.36. The molecular weight excluding hydrogens is 416 g/mol. The van der Waals surface area contributed by atoms with Crippen LogP contribution in [-0.2, 0) is 4.74 Å². The fourth-order valence-corrected chi connectivity index (χ4v) is 3.71. The molecule has 0 radical (unpaired) electrons. The standard InChI is InChI=1S/C26H32N4O3/c1-18(2)30(19(3)4)14-15-33-24-9-7-6-8-22(24)23-16-25(28-17-27-23)29-21-12-10-20(11-13-21)26(31)32-5/h6-13,16-19H,14-15H2,1-5H3,(H,27,28,29). The van der Waals surface area contributed by atoms with Gasteiger partial charge >= 0.3 is 5.97 Å². The number of carbonyl (C=O) groups is 1. The second kappa shape index (κ2) is 11.4. The Kier molecular flexibility index (Phi) is 8.38. The van der Waals surface area contributed by atoms with Crippen molar-refractivity contribution in [3.05, 3.63) is 66.5 Å². The normalized spacial score (nSPS) is 11.2. The van der Waals surface area contributed by atoms with Crippen molar-refractivity contribution >= 4 is 17.5 Å². The first-order valence-corrected chi connectivity index (χ1v) is 11.1. The monoisotopic (exact) mass is 448 g/mol. The van der Waals surface area contributed by atoms with Crippen LogP contribution in [0.4, 0.5) is 11.5 Å². The number of anilines is 2. The first-order chi connectivity index (χ1) is 15.9. The molecule has 0 aliphatic carbocycles. The first-order valence-electron chi connectivity index (χ1n) is 11.1. The third-order valence-electron chi connectivity index (χ3n) is 5.34. The van der Waals surface area contributed by atoms with Gasteiger partial charge < -0.3 is 14.8 Å². The number of nitrogens with one attached hydrogen (secondary N) is 1. The number of aromatic nitrogens is 2. The quantitative estimate of drug-likeness (QED) is 0.429. The van der Waals surface area contributed by atoms with Crippen molar-refractivity contribution < 1.29 is 14.3 Å². The molecule has 7 heteroatoms. The molecule has 1 aromatic heterocycles. The van der Waals surface area contributed by atoms with Gasteiger partial charge in [-0.3, -0.25) is 4.90 Å². The zero-order valence-corrected chi connectivity index (χ0v) is 19.9. The highest BCUT2D eigenvalue weighted by Gasteiger charge is 2.14. The summed E-state index contributed by atoms with van der Waals surface area (Å²) in [5, 5.41) is 3.25. The predicted molar refractivity (Wildman–Crippen MR) is 131 cm³/mol. The van der Waals surface area contributed by atoms with Gasteiger partial charge in [0.15, 0.2) is 0 Å². The van der Waals surface area contributed by atoms with Crippen LogP contribution < -0.4 is 10.1 Å². The predicted octanol–water partition coefficient (Wildman–Crippen LogP) is 5.17. The van der Waals surface area contributed by atoms with Crippen LogP contribution >= 0.6 is 0 Å². The van der Waals surface area contributed by atoms with Gasteiger partial charge in [0.1, 0.15) is 24.5 Å². The topological polar surface area (TPSA) is 76.6 Å². The summed E-state index contributed by atoms with van der Waals surface area (Å²) in [5.74, 6) is 1.07. The average molecular weight is 449 g/mol. The lowest BCUT2D eigenvalue weighted by Crippen LogP contribution is -2.39. The van der Waals surface area contributed by atoms with E-state index in [4.69, 9.17) is 9.47 Å². The third kappa shape index (κ3) is 6.52. The molecule has 0 saturated heterocycles. The van der Waals surface area contributed by atoms with Gasteiger partial charge in [-0.05, 0) is 64.1 Å². The Balaban J connectivity index is 1.73. The molecule has 0 aliphatic heterocycles. The van der Waals surface area contributed by atoms with E-state index in [1.807, 2.05) is 30.3 Å². The van der Waals surface area contributed by atoms with E-state index in [0.29, 0.717) is 30.1 Å². The summed E-state index contributed by atoms with van der Waals surface area (Å²) in [5.41, 5.74) is 2.97. The Bertz CT molecular complexity index is 1040. The average Bonchev–Trinajstić information content (AvgIpc) is 2.81. The van der Waals surface area contributed by atoms with Gasteiger partial charge in [0.25, 0.3) is 0 Å². The maximum Gasteiger partial charge on any atom is 0.337 e. The molecule has 0 bridgehead atoms. The summed E-state index contributed by atoms with van der Waals surface area (Å²) in [6.07, 6.45) is 1.52. The van der Waals surface area contributed by atoms with E-state index < -0.39 is 0 Å². The van der Waals surface area contributed by atoms with Crippen molar-refractivity contribution in [3.63, 3.8) is 0 Å². The van der Waals surface area contributed by atoms with Crippen molar-refractivity contribution in [1.29, 1.82) is 0 Å². The lowest BCUT2D eigenvalue weighted by atomic mass is 10.1. The Hall–Kier alpha value is -3.45. The van der Waals surface area contributed by atoms with E-state index in [0.717, 1.165) is 29.2 Å². The molecule has 1 heterocycles. The van der Waals surface area contributed by atoms with Crippen molar-refractivity contribution in [2.75, 3.05) is 25.6 Å². The zero-order valence-electron chi connectivity index (χ0n) is 19.9. The molecule has 1 N–H and O–H groups in total. The van der Waals surface area contributed by atoms with E-state index in [2.05, 4.69) is 47.9 Å². The molecule has 0 spiro atoms. The van der Waals surface area contributed by atoms with Gasteiger partial charge in [0, 0.05) is 35.9 Å². The maximum absolute atomic E-state index is 11.6. The van der Waals surface area contributed by atoms with Gasteiger partial charge in [0.05, 0.1) is 18.4 Å². The van der Waals surface area contributed by atoms with Crippen molar-refractivity contribution in [1.82, 2.24) is 14.9 Å². The SMILES string of the molecule is COC(=O)c1ccc(Nc2cc(-c3ccccc3OCCN(C(C)C)C(C)C)ncn2)cc1. The molecule has 0 saturated carbocycles. The lowest BCUT2D eigenvalue weighted by molar-refractivity contribution is 0.0601. The highest BCUT2D eigenvalue weighted by molar-refractivity contribution is 5.89. The van der Waals surface area contributed by atoms with Crippen molar-refractivity contribution in [2.24, 2.45) is 0 Å². The number of para-hydroxylation sites is 1. The van der Waals surface area contributed by atoms with E-state index >= 15 is 0 Å². The number of hydrogen-bond acceptors (Lipinski definition) is 7. The highest BCUT2D eigenvalue weighted by atomic mass is 16.5. The molecule has 7 nitrogen and oxygen atoms in total. The number of benzene rings is 2. The smallest absolute Gasteiger partial charge is 0.337 e. The van der Waals surface area contributed by atoms with E-state index in [-0.39, 0.29) is 5.97 Å². The molecule has 0 amide bonds. The second-order valence-electron chi connectivity index (χ2n) is 8.25. The fourth-order valence-electron chi connectivity index (χ4n) is 3.71. The van der Waals surface area contributed by atoms with Crippen LogP contribution in [-0.4, -0.2) is 53.2 Å². The first kappa shape index (κ1) is 24.2. The zero-order chi connectivity index (χ0) is 23.8. The van der Waals surface area contributed by atoms with E-state index in [1.165, 1.54) is 13.4 Å². The number of hydrogen-bond donors (Lipinski definition) is 1. The number of carbonyl (C=O) groups excluding carboxylic acids is 1. The van der Waals surface area contributed by atoms with Crippen LogP contribution in [0.5, 0.6) is 5.75 Å². The Morgan fingerprint density at radius 3 is 2.36 bits per heavy atom.